The van der Waals surface area contributed by atoms with Crippen LogP contribution in [0.25, 0.3) is 0 Å². The van der Waals surface area contributed by atoms with Gasteiger partial charge in [0, 0.05) is 39.1 Å². The van der Waals surface area contributed by atoms with Crippen molar-refractivity contribution in [2.75, 3.05) is 64.6 Å². The molecular weight excluding hydrogens is 523 g/mol. The molecule has 5 rings (SSSR count). The van der Waals surface area contributed by atoms with E-state index in [2.05, 4.69) is 40.5 Å². The monoisotopic (exact) mass is 564 g/mol. The molecule has 41 heavy (non-hydrogen) atoms. The standard InChI is InChI=1S/C33H41FN2O5/c1-37-18-2-16-36-17-21-40-32-13-4-25(22-31(32)36)24-41-33-23-35-15-14-30(33)26-5-9-28(10-6-26)38-19-3-20-39-29-11-7-27(34)8-12-29/h4-13,22,30,33,35H,2-3,14-21,23-24H2,1H3. The zero-order valence-corrected chi connectivity index (χ0v) is 23.9. The van der Waals surface area contributed by atoms with Crippen molar-refractivity contribution >= 4 is 5.69 Å². The molecule has 8 heteroatoms. The van der Waals surface area contributed by atoms with Crippen LogP contribution in [0.2, 0.25) is 0 Å². The van der Waals surface area contributed by atoms with Gasteiger partial charge in [-0.3, -0.25) is 0 Å². The minimum Gasteiger partial charge on any atom is -0.493 e. The van der Waals surface area contributed by atoms with Crippen LogP contribution in [0.4, 0.5) is 10.1 Å². The summed E-state index contributed by atoms with van der Waals surface area (Å²) in [6.07, 6.45) is 2.84. The first kappa shape index (κ1) is 29.2. The third kappa shape index (κ3) is 8.35. The molecule has 0 spiro atoms. The highest BCUT2D eigenvalue weighted by Gasteiger charge is 2.27. The number of nitrogens with one attached hydrogen (secondary N) is 1. The van der Waals surface area contributed by atoms with Gasteiger partial charge in [0.1, 0.15) is 29.7 Å². The highest BCUT2D eigenvalue weighted by Crippen LogP contribution is 2.34. The first-order valence-electron chi connectivity index (χ1n) is 14.6. The lowest BCUT2D eigenvalue weighted by Gasteiger charge is -2.33. The van der Waals surface area contributed by atoms with Crippen LogP contribution in [-0.4, -0.2) is 65.8 Å². The van der Waals surface area contributed by atoms with Crippen molar-refractivity contribution in [2.24, 2.45) is 0 Å². The quantitative estimate of drug-likeness (QED) is 0.257. The number of anilines is 1. The Bertz CT molecular complexity index is 1210. The second kappa shape index (κ2) is 15.1. The summed E-state index contributed by atoms with van der Waals surface area (Å²) in [6, 6.07) is 20.8. The number of halogens is 1. The van der Waals surface area contributed by atoms with Crippen molar-refractivity contribution < 1.29 is 28.1 Å². The molecule has 0 bridgehead atoms. The lowest BCUT2D eigenvalue weighted by molar-refractivity contribution is 0.0106. The molecule has 3 aromatic rings. The minimum atomic E-state index is -0.266. The molecule has 0 amide bonds. The molecule has 3 aromatic carbocycles. The maximum Gasteiger partial charge on any atom is 0.142 e. The highest BCUT2D eigenvalue weighted by atomic mass is 19.1. The van der Waals surface area contributed by atoms with E-state index >= 15 is 0 Å². The molecule has 2 atom stereocenters. The van der Waals surface area contributed by atoms with E-state index < -0.39 is 0 Å². The molecule has 0 aliphatic carbocycles. The van der Waals surface area contributed by atoms with Gasteiger partial charge in [-0.15, -0.1) is 0 Å². The van der Waals surface area contributed by atoms with Crippen LogP contribution < -0.4 is 24.4 Å². The van der Waals surface area contributed by atoms with E-state index in [-0.39, 0.29) is 11.9 Å². The zero-order chi connectivity index (χ0) is 28.3. The zero-order valence-electron chi connectivity index (χ0n) is 23.9. The molecule has 7 nitrogen and oxygen atoms in total. The van der Waals surface area contributed by atoms with Gasteiger partial charge in [-0.05, 0) is 79.0 Å². The number of hydrogen-bond acceptors (Lipinski definition) is 7. The van der Waals surface area contributed by atoms with Crippen LogP contribution >= 0.6 is 0 Å². The topological polar surface area (TPSA) is 61.4 Å². The van der Waals surface area contributed by atoms with Gasteiger partial charge in [-0.25, -0.2) is 4.39 Å². The Labute approximate surface area is 242 Å². The van der Waals surface area contributed by atoms with Gasteiger partial charge in [0.05, 0.1) is 38.2 Å². The van der Waals surface area contributed by atoms with Crippen LogP contribution in [0.15, 0.2) is 66.7 Å². The summed E-state index contributed by atoms with van der Waals surface area (Å²) < 4.78 is 42.2. The fourth-order valence-corrected chi connectivity index (χ4v) is 5.41. The average molecular weight is 565 g/mol. The number of hydrogen-bond donors (Lipinski definition) is 1. The summed E-state index contributed by atoms with van der Waals surface area (Å²) in [7, 11) is 1.75. The van der Waals surface area contributed by atoms with Gasteiger partial charge in [0.25, 0.3) is 0 Å². The van der Waals surface area contributed by atoms with Gasteiger partial charge < -0.3 is 33.9 Å². The van der Waals surface area contributed by atoms with Crippen molar-refractivity contribution in [2.45, 2.75) is 37.9 Å². The molecule has 2 heterocycles. The lowest BCUT2D eigenvalue weighted by atomic mass is 9.87. The number of benzene rings is 3. The Hall–Kier alpha value is -3.33. The van der Waals surface area contributed by atoms with E-state index in [1.807, 2.05) is 12.1 Å². The van der Waals surface area contributed by atoms with Crippen molar-refractivity contribution in [3.8, 4) is 17.2 Å². The van der Waals surface area contributed by atoms with E-state index in [0.29, 0.717) is 38.1 Å². The van der Waals surface area contributed by atoms with Crippen molar-refractivity contribution in [1.29, 1.82) is 0 Å². The summed E-state index contributed by atoms with van der Waals surface area (Å²) in [5, 5.41) is 3.50. The Morgan fingerprint density at radius 1 is 0.927 bits per heavy atom. The van der Waals surface area contributed by atoms with Gasteiger partial charge in [-0.2, -0.15) is 0 Å². The first-order valence-corrected chi connectivity index (χ1v) is 14.6. The molecule has 1 saturated heterocycles. The second-order valence-electron chi connectivity index (χ2n) is 10.5. The number of methoxy groups -OCH3 is 1. The summed E-state index contributed by atoms with van der Waals surface area (Å²) in [6.45, 7) is 6.73. The fraction of sp³-hybridized carbons (Fsp3) is 0.455. The fourth-order valence-electron chi connectivity index (χ4n) is 5.41. The molecule has 0 radical (unpaired) electrons. The maximum atomic E-state index is 13.0. The Balaban J connectivity index is 1.11. The number of fused-ring (bicyclic) bond motifs is 1. The second-order valence-corrected chi connectivity index (χ2v) is 10.5. The highest BCUT2D eigenvalue weighted by molar-refractivity contribution is 5.61. The first-order chi connectivity index (χ1) is 20.2. The van der Waals surface area contributed by atoms with E-state index in [0.717, 1.165) is 74.8 Å². The summed E-state index contributed by atoms with van der Waals surface area (Å²) in [5.74, 6) is 2.50. The van der Waals surface area contributed by atoms with Gasteiger partial charge in [0.2, 0.25) is 0 Å². The Kier molecular flexibility index (Phi) is 10.7. The van der Waals surface area contributed by atoms with Crippen LogP contribution in [0, 0.1) is 5.82 Å². The molecular formula is C33H41FN2O5. The maximum absolute atomic E-state index is 13.0. The summed E-state index contributed by atoms with van der Waals surface area (Å²) in [4.78, 5) is 2.38. The molecule has 0 saturated carbocycles. The normalized spacial score (nSPS) is 18.4. The third-order valence-corrected chi connectivity index (χ3v) is 7.60. The van der Waals surface area contributed by atoms with E-state index in [4.69, 9.17) is 23.7 Å². The Morgan fingerprint density at radius 2 is 1.68 bits per heavy atom. The molecule has 2 aliphatic heterocycles. The van der Waals surface area contributed by atoms with E-state index in [1.165, 1.54) is 17.7 Å². The molecule has 1 N–H and O–H groups in total. The van der Waals surface area contributed by atoms with Crippen LogP contribution in [0.1, 0.15) is 36.3 Å². The van der Waals surface area contributed by atoms with Crippen molar-refractivity contribution in [3.63, 3.8) is 0 Å². The summed E-state index contributed by atoms with van der Waals surface area (Å²) >= 11 is 0. The van der Waals surface area contributed by atoms with Crippen molar-refractivity contribution in [1.82, 2.24) is 5.32 Å². The number of ether oxygens (including phenoxy) is 5. The van der Waals surface area contributed by atoms with Gasteiger partial charge in [0.15, 0.2) is 0 Å². The molecule has 2 unspecified atom stereocenters. The predicted octanol–water partition coefficient (Wildman–Crippen LogP) is 5.57. The SMILES string of the molecule is COCCCN1CCOc2ccc(COC3CNCCC3c3ccc(OCCCOc4ccc(F)cc4)cc3)cc21. The molecule has 1 fully saturated rings. The number of piperidine rings is 1. The van der Waals surface area contributed by atoms with Gasteiger partial charge >= 0.3 is 0 Å². The van der Waals surface area contributed by atoms with Crippen LogP contribution in [-0.2, 0) is 16.1 Å². The summed E-state index contributed by atoms with van der Waals surface area (Å²) in [5.41, 5.74) is 3.57. The van der Waals surface area contributed by atoms with E-state index in [9.17, 15) is 4.39 Å². The molecule has 2 aliphatic rings. The Morgan fingerprint density at radius 3 is 2.44 bits per heavy atom. The van der Waals surface area contributed by atoms with Crippen molar-refractivity contribution in [3.05, 3.63) is 83.7 Å². The van der Waals surface area contributed by atoms with Crippen LogP contribution in [0.5, 0.6) is 17.2 Å². The average Bonchev–Trinajstić information content (AvgIpc) is 3.01. The molecule has 0 aromatic heterocycles. The van der Waals surface area contributed by atoms with Crippen LogP contribution in [0.3, 0.4) is 0 Å². The minimum absolute atomic E-state index is 0.0872. The predicted molar refractivity (Wildman–Crippen MR) is 158 cm³/mol. The molecule has 220 valence electrons. The number of nitrogens with zero attached hydrogens (tertiary/aromatic N) is 1. The largest absolute Gasteiger partial charge is 0.493 e. The lowest BCUT2D eigenvalue weighted by Crippen LogP contribution is -2.41. The third-order valence-electron chi connectivity index (χ3n) is 7.60. The van der Waals surface area contributed by atoms with E-state index in [1.54, 1.807) is 19.2 Å². The number of rotatable bonds is 14. The van der Waals surface area contributed by atoms with Gasteiger partial charge in [-0.1, -0.05) is 18.2 Å². The smallest absolute Gasteiger partial charge is 0.142 e.